The normalized spacial score (nSPS) is 36.7. The standard InChI is InChI=1S/C35H37NO6/c1-33-17-15-25(41-31(39)22-9-5-3-6-10-22)19-24(33)13-14-27-26(33)16-18-34(2)29(37)20-28-35(27,34)21-30(38)36(28)42-32(40)23-11-7-4-8-12-23/h3-13,25-28H,14-21H2,1-2H3/t25-,26-,27+,28+,33-,34+,35-/m0/s1. The fraction of sp³-hybridized carbons (Fsp3) is 0.486. The Morgan fingerprint density at radius 2 is 1.50 bits per heavy atom. The predicted octanol–water partition coefficient (Wildman–Crippen LogP) is 6.10. The Hall–Kier alpha value is -3.74. The summed E-state index contributed by atoms with van der Waals surface area (Å²) in [4.78, 5) is 58.9. The number of Topliss-reactive ketones (excluding diaryl/α,β-unsaturated/α-hetero) is 1. The molecule has 2 aromatic rings. The first kappa shape index (κ1) is 27.1. The first-order chi connectivity index (χ1) is 20.2. The number of esters is 1. The van der Waals surface area contributed by atoms with E-state index >= 15 is 0 Å². The van der Waals surface area contributed by atoms with E-state index < -0.39 is 22.8 Å². The monoisotopic (exact) mass is 567 g/mol. The highest BCUT2D eigenvalue weighted by atomic mass is 16.7. The number of ketones is 1. The van der Waals surface area contributed by atoms with Crippen molar-refractivity contribution < 1.29 is 28.8 Å². The van der Waals surface area contributed by atoms with Gasteiger partial charge in [0.1, 0.15) is 11.9 Å². The molecule has 5 aliphatic rings. The van der Waals surface area contributed by atoms with Gasteiger partial charge in [-0.15, -0.1) is 0 Å². The molecule has 0 N–H and O–H groups in total. The molecule has 1 aliphatic heterocycles. The van der Waals surface area contributed by atoms with Crippen LogP contribution in [0.15, 0.2) is 72.3 Å². The Morgan fingerprint density at radius 1 is 0.833 bits per heavy atom. The molecule has 7 heteroatoms. The van der Waals surface area contributed by atoms with E-state index in [4.69, 9.17) is 9.57 Å². The van der Waals surface area contributed by atoms with Crippen molar-refractivity contribution in [3.8, 4) is 0 Å². The molecule has 1 saturated heterocycles. The maximum Gasteiger partial charge on any atom is 0.363 e. The summed E-state index contributed by atoms with van der Waals surface area (Å²) < 4.78 is 5.95. The molecule has 1 heterocycles. The Labute approximate surface area is 246 Å². The Bertz CT molecular complexity index is 1490. The van der Waals surface area contributed by atoms with Gasteiger partial charge in [-0.3, -0.25) is 9.59 Å². The lowest BCUT2D eigenvalue weighted by Gasteiger charge is -2.61. The van der Waals surface area contributed by atoms with Crippen LogP contribution >= 0.6 is 0 Å². The third-order valence-electron chi connectivity index (χ3n) is 11.8. The lowest BCUT2D eigenvalue weighted by atomic mass is 9.42. The summed E-state index contributed by atoms with van der Waals surface area (Å²) in [7, 11) is 0. The lowest BCUT2D eigenvalue weighted by molar-refractivity contribution is -0.176. The van der Waals surface area contributed by atoms with Crippen LogP contribution in [0.2, 0.25) is 0 Å². The minimum absolute atomic E-state index is 0.0952. The van der Waals surface area contributed by atoms with Crippen molar-refractivity contribution in [3.05, 3.63) is 83.4 Å². The van der Waals surface area contributed by atoms with Crippen LogP contribution in [-0.2, 0) is 19.2 Å². The lowest BCUT2D eigenvalue weighted by Crippen LogP contribution is -2.59. The van der Waals surface area contributed by atoms with Crippen LogP contribution in [0.25, 0.3) is 0 Å². The Kier molecular flexibility index (Phi) is 6.23. The number of carbonyl (C=O) groups excluding carboxylic acids is 4. The van der Waals surface area contributed by atoms with Gasteiger partial charge in [0.05, 0.1) is 17.2 Å². The average Bonchev–Trinajstić information content (AvgIpc) is 3.39. The van der Waals surface area contributed by atoms with Gasteiger partial charge in [0, 0.05) is 30.1 Å². The van der Waals surface area contributed by atoms with E-state index in [2.05, 4.69) is 19.9 Å². The van der Waals surface area contributed by atoms with E-state index in [1.165, 1.54) is 10.6 Å². The Balaban J connectivity index is 1.17. The van der Waals surface area contributed by atoms with Crippen LogP contribution in [0.1, 0.15) is 85.9 Å². The van der Waals surface area contributed by atoms with E-state index in [-0.39, 0.29) is 47.9 Å². The third kappa shape index (κ3) is 3.78. The fourth-order valence-electron chi connectivity index (χ4n) is 9.55. The van der Waals surface area contributed by atoms with Gasteiger partial charge < -0.3 is 9.57 Å². The van der Waals surface area contributed by atoms with Crippen molar-refractivity contribution in [1.82, 2.24) is 5.06 Å². The fourth-order valence-corrected chi connectivity index (χ4v) is 9.55. The van der Waals surface area contributed by atoms with Crippen LogP contribution in [0.5, 0.6) is 0 Å². The number of benzene rings is 2. The van der Waals surface area contributed by atoms with Crippen LogP contribution in [0.3, 0.4) is 0 Å². The van der Waals surface area contributed by atoms with Crippen molar-refractivity contribution in [2.24, 2.45) is 28.1 Å². The molecule has 4 fully saturated rings. The van der Waals surface area contributed by atoms with Gasteiger partial charge in [-0.2, -0.15) is 5.06 Å². The zero-order chi connectivity index (χ0) is 29.3. The largest absolute Gasteiger partial charge is 0.458 e. The number of hydrogen-bond donors (Lipinski definition) is 0. The molecule has 3 saturated carbocycles. The number of nitrogens with zero attached hydrogens (tertiary/aromatic N) is 1. The molecule has 2 aromatic carbocycles. The molecular weight excluding hydrogens is 530 g/mol. The number of amides is 1. The molecule has 0 unspecified atom stereocenters. The average molecular weight is 568 g/mol. The molecular formula is C35H37NO6. The highest BCUT2D eigenvalue weighted by molar-refractivity contribution is 5.95. The summed E-state index contributed by atoms with van der Waals surface area (Å²) in [6.07, 6.45) is 7.38. The van der Waals surface area contributed by atoms with Crippen molar-refractivity contribution in [1.29, 1.82) is 0 Å². The zero-order valence-electron chi connectivity index (χ0n) is 24.2. The molecule has 0 radical (unpaired) electrons. The van der Waals surface area contributed by atoms with Gasteiger partial charge in [0.25, 0.3) is 5.91 Å². The van der Waals surface area contributed by atoms with E-state index in [9.17, 15) is 19.2 Å². The van der Waals surface area contributed by atoms with Gasteiger partial charge in [-0.1, -0.05) is 61.9 Å². The highest BCUT2D eigenvalue weighted by Crippen LogP contribution is 2.73. The summed E-state index contributed by atoms with van der Waals surface area (Å²) in [6.45, 7) is 4.39. The molecule has 218 valence electrons. The van der Waals surface area contributed by atoms with Crippen molar-refractivity contribution >= 4 is 23.6 Å². The smallest absolute Gasteiger partial charge is 0.363 e. The van der Waals surface area contributed by atoms with Gasteiger partial charge in [0.15, 0.2) is 0 Å². The van der Waals surface area contributed by atoms with E-state index in [0.29, 0.717) is 23.5 Å². The van der Waals surface area contributed by atoms with Crippen LogP contribution in [0, 0.1) is 28.1 Å². The molecule has 7 atom stereocenters. The van der Waals surface area contributed by atoms with Crippen molar-refractivity contribution in [2.45, 2.75) is 77.4 Å². The Morgan fingerprint density at radius 3 is 2.19 bits per heavy atom. The second kappa shape index (κ2) is 9.65. The van der Waals surface area contributed by atoms with Crippen molar-refractivity contribution in [3.63, 3.8) is 0 Å². The molecule has 0 aromatic heterocycles. The summed E-state index contributed by atoms with van der Waals surface area (Å²) >= 11 is 0. The van der Waals surface area contributed by atoms with Gasteiger partial charge in [-0.05, 0) is 73.6 Å². The summed E-state index contributed by atoms with van der Waals surface area (Å²) in [6, 6.07) is 17.3. The molecule has 42 heavy (non-hydrogen) atoms. The number of hydroxylamine groups is 2. The van der Waals surface area contributed by atoms with E-state index in [0.717, 1.165) is 32.1 Å². The number of carbonyl (C=O) groups is 4. The second-order valence-corrected chi connectivity index (χ2v) is 13.4. The first-order valence-corrected chi connectivity index (χ1v) is 15.3. The SMILES string of the molecule is C[C@]12CC[C@H](OC(=O)c3ccccc3)CC1=CC[C@@H]1[C@@H]2CC[C@]2(C)C(=O)C[C@H]3N(OC(=O)c4ccccc4)C(=O)C[C@]132. The van der Waals surface area contributed by atoms with Crippen LogP contribution in [0.4, 0.5) is 0 Å². The summed E-state index contributed by atoms with van der Waals surface area (Å²) in [5.74, 6) is -0.476. The third-order valence-corrected chi connectivity index (χ3v) is 11.8. The number of ether oxygens (including phenoxy) is 1. The molecule has 1 amide bonds. The molecule has 7 nitrogen and oxygen atoms in total. The van der Waals surface area contributed by atoms with Gasteiger partial charge in [0.2, 0.25) is 0 Å². The quantitative estimate of drug-likeness (QED) is 0.328. The second-order valence-electron chi connectivity index (χ2n) is 13.4. The van der Waals surface area contributed by atoms with Gasteiger partial charge >= 0.3 is 11.9 Å². The number of allylic oxidation sites excluding steroid dienone is 1. The number of hydrogen-bond acceptors (Lipinski definition) is 6. The van der Waals surface area contributed by atoms with Gasteiger partial charge in [-0.25, -0.2) is 9.59 Å². The summed E-state index contributed by atoms with van der Waals surface area (Å²) in [5, 5.41) is 1.27. The zero-order valence-corrected chi connectivity index (χ0v) is 24.2. The minimum atomic E-state index is -0.632. The highest BCUT2D eigenvalue weighted by Gasteiger charge is 2.75. The molecule has 4 aliphatic carbocycles. The number of rotatable bonds is 4. The van der Waals surface area contributed by atoms with Crippen molar-refractivity contribution in [2.75, 3.05) is 0 Å². The maximum absolute atomic E-state index is 13.7. The molecule has 7 rings (SSSR count). The number of fused-ring (bicyclic) bond motifs is 3. The topological polar surface area (TPSA) is 90.0 Å². The minimum Gasteiger partial charge on any atom is -0.458 e. The predicted molar refractivity (Wildman–Crippen MR) is 154 cm³/mol. The van der Waals surface area contributed by atoms with E-state index in [1.807, 2.05) is 24.3 Å². The molecule has 0 bridgehead atoms. The molecule has 1 spiro atoms. The van der Waals surface area contributed by atoms with Crippen LogP contribution in [-0.4, -0.2) is 40.8 Å². The van der Waals surface area contributed by atoms with Crippen LogP contribution < -0.4 is 0 Å². The van der Waals surface area contributed by atoms with E-state index in [1.54, 1.807) is 36.4 Å². The summed E-state index contributed by atoms with van der Waals surface area (Å²) in [5.41, 5.74) is 0.965. The first-order valence-electron chi connectivity index (χ1n) is 15.3. The maximum atomic E-state index is 13.7.